The van der Waals surface area contributed by atoms with Gasteiger partial charge in [0.15, 0.2) is 17.5 Å². The molecule has 10 aromatic rings. The van der Waals surface area contributed by atoms with Crippen LogP contribution in [-0.2, 0) is 6.18 Å². The van der Waals surface area contributed by atoms with E-state index in [-0.39, 0.29) is 11.4 Å². The second-order valence-corrected chi connectivity index (χ2v) is 13.7. The molecule has 0 aliphatic heterocycles. The summed E-state index contributed by atoms with van der Waals surface area (Å²) in [7, 11) is 0. The molecular formula is C47H30F3N5. The minimum atomic E-state index is -4.60. The van der Waals surface area contributed by atoms with Crippen LogP contribution >= 0.6 is 0 Å². The zero-order valence-corrected chi connectivity index (χ0v) is 29.5. The maximum atomic E-state index is 14.6. The second-order valence-electron chi connectivity index (χ2n) is 13.7. The molecule has 10 rings (SSSR count). The Kier molecular flexibility index (Phi) is 7.42. The van der Waals surface area contributed by atoms with Crippen LogP contribution < -0.4 is 0 Å². The van der Waals surface area contributed by atoms with Gasteiger partial charge in [-0.15, -0.1) is 0 Å². The normalized spacial score (nSPS) is 12.0. The van der Waals surface area contributed by atoms with Crippen LogP contribution in [0.2, 0.25) is 0 Å². The molecule has 0 N–H and O–H groups in total. The number of para-hydroxylation sites is 4. The Morgan fingerprint density at radius 3 is 1.29 bits per heavy atom. The van der Waals surface area contributed by atoms with Crippen molar-refractivity contribution in [3.63, 3.8) is 0 Å². The van der Waals surface area contributed by atoms with Gasteiger partial charge >= 0.3 is 6.18 Å². The molecule has 0 saturated heterocycles. The van der Waals surface area contributed by atoms with Gasteiger partial charge in [-0.3, -0.25) is 0 Å². The van der Waals surface area contributed by atoms with E-state index in [0.717, 1.165) is 72.6 Å². The third-order valence-corrected chi connectivity index (χ3v) is 10.3. The highest BCUT2D eigenvalue weighted by molar-refractivity contribution is 6.10. The number of aromatic nitrogens is 5. The fourth-order valence-electron chi connectivity index (χ4n) is 7.81. The van der Waals surface area contributed by atoms with Crippen LogP contribution in [0.5, 0.6) is 0 Å². The zero-order valence-electron chi connectivity index (χ0n) is 29.5. The second kappa shape index (κ2) is 12.5. The first-order chi connectivity index (χ1) is 26.8. The van der Waals surface area contributed by atoms with Crippen molar-refractivity contribution in [2.24, 2.45) is 0 Å². The maximum absolute atomic E-state index is 14.6. The van der Waals surface area contributed by atoms with E-state index in [9.17, 15) is 13.2 Å². The van der Waals surface area contributed by atoms with Crippen LogP contribution in [-0.4, -0.2) is 24.1 Å². The quantitative estimate of drug-likeness (QED) is 0.178. The molecule has 0 saturated carbocycles. The Morgan fingerprint density at radius 2 is 0.818 bits per heavy atom. The first kappa shape index (κ1) is 32.6. The third-order valence-electron chi connectivity index (χ3n) is 10.3. The van der Waals surface area contributed by atoms with Crippen LogP contribution in [0.3, 0.4) is 0 Å². The van der Waals surface area contributed by atoms with Crippen LogP contribution in [0.25, 0.3) is 89.2 Å². The fraction of sp³-hybridized carbons (Fsp3) is 0.0426. The van der Waals surface area contributed by atoms with Crippen molar-refractivity contribution in [3.8, 4) is 45.5 Å². The number of benzene rings is 7. The Bertz CT molecular complexity index is 3000. The molecule has 3 aromatic heterocycles. The molecule has 55 heavy (non-hydrogen) atoms. The van der Waals surface area contributed by atoms with E-state index in [0.29, 0.717) is 22.9 Å². The lowest BCUT2D eigenvalue weighted by Gasteiger charge is -2.18. The minimum Gasteiger partial charge on any atom is -0.309 e. The predicted octanol–water partition coefficient (Wildman–Crippen LogP) is 12.4. The Morgan fingerprint density at radius 1 is 0.418 bits per heavy atom. The largest absolute Gasteiger partial charge is 0.416 e. The lowest BCUT2D eigenvalue weighted by molar-refractivity contribution is -0.137. The van der Waals surface area contributed by atoms with Gasteiger partial charge in [0.1, 0.15) is 0 Å². The lowest BCUT2D eigenvalue weighted by Crippen LogP contribution is -2.09. The minimum absolute atomic E-state index is 0.126. The van der Waals surface area contributed by atoms with Crippen LogP contribution in [0, 0.1) is 6.92 Å². The Balaban J connectivity index is 1.30. The summed E-state index contributed by atoms with van der Waals surface area (Å²) < 4.78 is 48.0. The zero-order chi connectivity index (χ0) is 37.3. The molecule has 264 valence electrons. The molecule has 8 heteroatoms. The number of hydrogen-bond donors (Lipinski definition) is 0. The molecule has 0 amide bonds. The predicted molar refractivity (Wildman–Crippen MR) is 215 cm³/mol. The summed E-state index contributed by atoms with van der Waals surface area (Å²) in [5, 5.41) is 4.18. The van der Waals surface area contributed by atoms with Crippen molar-refractivity contribution >= 4 is 43.6 Å². The van der Waals surface area contributed by atoms with Crippen molar-refractivity contribution in [2.45, 2.75) is 13.1 Å². The molecule has 0 fully saturated rings. The number of alkyl halides is 3. The highest BCUT2D eigenvalue weighted by Gasteiger charge is 2.32. The van der Waals surface area contributed by atoms with E-state index in [1.165, 1.54) is 6.07 Å². The van der Waals surface area contributed by atoms with Crippen LogP contribution in [0.15, 0.2) is 164 Å². The van der Waals surface area contributed by atoms with Crippen molar-refractivity contribution in [1.29, 1.82) is 0 Å². The van der Waals surface area contributed by atoms with Crippen molar-refractivity contribution in [3.05, 3.63) is 175 Å². The van der Waals surface area contributed by atoms with Gasteiger partial charge in [0, 0.05) is 38.2 Å². The fourth-order valence-corrected chi connectivity index (χ4v) is 7.81. The third kappa shape index (κ3) is 5.36. The van der Waals surface area contributed by atoms with Gasteiger partial charge in [-0.2, -0.15) is 13.2 Å². The van der Waals surface area contributed by atoms with E-state index in [4.69, 9.17) is 15.0 Å². The van der Waals surface area contributed by atoms with Crippen molar-refractivity contribution < 1.29 is 13.2 Å². The number of fused-ring (bicyclic) bond motifs is 6. The molecule has 7 aromatic carbocycles. The highest BCUT2D eigenvalue weighted by Crippen LogP contribution is 2.41. The summed E-state index contributed by atoms with van der Waals surface area (Å²) in [6.45, 7) is 2.01. The first-order valence-corrected chi connectivity index (χ1v) is 17.9. The van der Waals surface area contributed by atoms with Crippen LogP contribution in [0.4, 0.5) is 13.2 Å². The van der Waals surface area contributed by atoms with Gasteiger partial charge < -0.3 is 9.13 Å². The monoisotopic (exact) mass is 721 g/mol. The number of halogens is 3. The molecule has 0 spiro atoms. The summed E-state index contributed by atoms with van der Waals surface area (Å²) in [6, 6.07) is 51.8. The Hall–Kier alpha value is -7.06. The van der Waals surface area contributed by atoms with Crippen LogP contribution in [0.1, 0.15) is 11.1 Å². The van der Waals surface area contributed by atoms with Gasteiger partial charge in [0.2, 0.25) is 0 Å². The SMILES string of the molecule is Cc1ccc(-n2c3ccccc3c3ccccc32)c(-c2nc(-c3ccccc3)nc(-c3cc(C(F)(F)F)ccc3-n3c4ccccc4c4ccccc43)n2)c1. The number of aryl methyl sites for hydroxylation is 1. The van der Waals surface area contributed by atoms with Gasteiger partial charge in [0.25, 0.3) is 0 Å². The first-order valence-electron chi connectivity index (χ1n) is 17.9. The van der Waals surface area contributed by atoms with E-state index in [1.54, 1.807) is 0 Å². The molecule has 0 radical (unpaired) electrons. The summed E-state index contributed by atoms with van der Waals surface area (Å²) >= 11 is 0. The molecule has 3 heterocycles. The highest BCUT2D eigenvalue weighted by atomic mass is 19.4. The van der Waals surface area contributed by atoms with E-state index >= 15 is 0 Å². The topological polar surface area (TPSA) is 48.5 Å². The van der Waals surface area contributed by atoms with Crippen molar-refractivity contribution in [2.75, 3.05) is 0 Å². The molecule has 0 unspecified atom stereocenters. The number of rotatable bonds is 5. The average Bonchev–Trinajstić information content (AvgIpc) is 3.73. The maximum Gasteiger partial charge on any atom is 0.416 e. The average molecular weight is 722 g/mol. The van der Waals surface area contributed by atoms with E-state index in [1.807, 2.05) is 121 Å². The number of hydrogen-bond acceptors (Lipinski definition) is 3. The van der Waals surface area contributed by atoms with Crippen molar-refractivity contribution in [1.82, 2.24) is 24.1 Å². The molecule has 0 bridgehead atoms. The van der Waals surface area contributed by atoms with Gasteiger partial charge in [-0.1, -0.05) is 115 Å². The Labute approximate surface area is 313 Å². The lowest BCUT2D eigenvalue weighted by atomic mass is 10.0. The van der Waals surface area contributed by atoms with Gasteiger partial charge in [-0.25, -0.2) is 15.0 Å². The molecule has 5 nitrogen and oxygen atoms in total. The smallest absolute Gasteiger partial charge is 0.309 e. The molecule has 0 aliphatic rings. The standard InChI is InChI=1S/C47H30F3N5/c1-29-23-25-42(54-38-19-9-5-15-32(38)33-16-6-10-20-39(33)54)36(27-29)45-51-44(30-13-3-2-4-14-30)52-46(53-45)37-28-31(47(48,49)50)24-26-43(37)55-40-21-11-7-17-34(40)35-18-8-12-22-41(35)55/h2-28H,1H3. The summed E-state index contributed by atoms with van der Waals surface area (Å²) in [5.41, 5.74) is 6.94. The number of nitrogens with zero attached hydrogens (tertiary/aromatic N) is 5. The molecule has 0 aliphatic carbocycles. The summed E-state index contributed by atoms with van der Waals surface area (Å²) in [6.07, 6.45) is -4.60. The van der Waals surface area contributed by atoms with Gasteiger partial charge in [0.05, 0.1) is 39.0 Å². The summed E-state index contributed by atoms with van der Waals surface area (Å²) in [5.74, 6) is 0.817. The molecule has 0 atom stereocenters. The van der Waals surface area contributed by atoms with E-state index in [2.05, 4.69) is 41.0 Å². The molecular weight excluding hydrogens is 692 g/mol. The van der Waals surface area contributed by atoms with Gasteiger partial charge in [-0.05, 0) is 61.5 Å². The summed E-state index contributed by atoms with van der Waals surface area (Å²) in [4.78, 5) is 15.1. The van der Waals surface area contributed by atoms with E-state index < -0.39 is 11.7 Å².